The lowest BCUT2D eigenvalue weighted by atomic mass is 9.88. The summed E-state index contributed by atoms with van der Waals surface area (Å²) in [6.07, 6.45) is 0. The SMILES string of the molecule is O=C(c1cc(C(=O)c2cccc(-c3ccccc3)c2)cc(C(=O)c2cccc(-c3ccccc3)c2)c1)c1cc(C(=O)c2cccc(-c3ccccc3)c2)cc(C(=O)c2cccc(-c3ccccc3)c2)c1. The number of rotatable bonds is 14. The fourth-order valence-corrected chi connectivity index (χ4v) is 8.76. The highest BCUT2D eigenvalue weighted by atomic mass is 16.1. The third-order valence-corrected chi connectivity index (χ3v) is 12.4. The maximum absolute atomic E-state index is 15.2. The van der Waals surface area contributed by atoms with Gasteiger partial charge in [0.15, 0.2) is 28.9 Å². The van der Waals surface area contributed by atoms with E-state index >= 15 is 4.79 Å². The quantitative estimate of drug-likeness (QED) is 0.101. The van der Waals surface area contributed by atoms with Crippen LogP contribution in [0.3, 0.4) is 0 Å². The molecule has 0 fully saturated rings. The molecule has 0 radical (unpaired) electrons. The minimum atomic E-state index is -0.584. The van der Waals surface area contributed by atoms with Gasteiger partial charge in [0.25, 0.3) is 0 Å². The Bertz CT molecular complexity index is 3150. The van der Waals surface area contributed by atoms with Gasteiger partial charge < -0.3 is 0 Å². The Labute approximate surface area is 406 Å². The maximum atomic E-state index is 15.2. The van der Waals surface area contributed by atoms with Gasteiger partial charge in [0.2, 0.25) is 0 Å². The van der Waals surface area contributed by atoms with Crippen molar-refractivity contribution in [3.63, 3.8) is 0 Å². The molecule has 0 bridgehead atoms. The molecule has 0 N–H and O–H groups in total. The Hall–Kier alpha value is -9.45. The number of carbonyl (C=O) groups is 5. The summed E-state index contributed by atoms with van der Waals surface area (Å²) in [5.41, 5.74) is 9.04. The van der Waals surface area contributed by atoms with Crippen LogP contribution in [0.2, 0.25) is 0 Å². The topological polar surface area (TPSA) is 85.3 Å². The normalized spacial score (nSPS) is 10.9. The minimum Gasteiger partial charge on any atom is -0.289 e. The van der Waals surface area contributed by atoms with E-state index in [1.165, 1.54) is 36.4 Å². The molecule has 10 aromatic rings. The molecule has 0 aliphatic heterocycles. The van der Waals surface area contributed by atoms with Crippen LogP contribution in [0.5, 0.6) is 0 Å². The smallest absolute Gasteiger partial charge is 0.193 e. The number of ketones is 5. The average Bonchev–Trinajstić information content (AvgIpc) is 3.45. The molecule has 0 heterocycles. The van der Waals surface area contributed by atoms with E-state index in [9.17, 15) is 19.2 Å². The molecule has 0 spiro atoms. The largest absolute Gasteiger partial charge is 0.289 e. The summed E-state index contributed by atoms with van der Waals surface area (Å²) in [6, 6.07) is 76.7. The first kappa shape index (κ1) is 44.4. The Morgan fingerprint density at radius 2 is 0.329 bits per heavy atom. The molecule has 5 nitrogen and oxygen atoms in total. The summed E-state index contributed by atoms with van der Waals surface area (Å²) < 4.78 is 0. The van der Waals surface area contributed by atoms with Gasteiger partial charge in [-0.05, 0) is 105 Å². The summed E-state index contributed by atoms with van der Waals surface area (Å²) >= 11 is 0. The highest BCUT2D eigenvalue weighted by Crippen LogP contribution is 2.29. The average molecular weight is 903 g/mol. The zero-order chi connectivity index (χ0) is 48.0. The molecule has 10 rings (SSSR count). The van der Waals surface area contributed by atoms with Crippen LogP contribution in [0.4, 0.5) is 0 Å². The molecule has 0 aliphatic rings. The van der Waals surface area contributed by atoms with Gasteiger partial charge in [-0.2, -0.15) is 0 Å². The lowest BCUT2D eigenvalue weighted by Gasteiger charge is -2.13. The van der Waals surface area contributed by atoms with Crippen LogP contribution < -0.4 is 0 Å². The fourth-order valence-electron chi connectivity index (χ4n) is 8.76. The van der Waals surface area contributed by atoms with Gasteiger partial charge in [0.05, 0.1) is 0 Å². The van der Waals surface area contributed by atoms with Crippen molar-refractivity contribution in [2.24, 2.45) is 0 Å². The van der Waals surface area contributed by atoms with E-state index in [2.05, 4.69) is 0 Å². The molecular weight excluding hydrogens is 861 g/mol. The molecule has 332 valence electrons. The Morgan fingerprint density at radius 3 is 0.529 bits per heavy atom. The standard InChI is InChI=1S/C65H42O5/c66-61(51-29-13-25-47(33-51)43-17-5-1-6-18-43)55-37-56(62(67)52-30-14-26-48(34-52)44-19-7-2-8-20-44)40-59(39-55)65(70)60-41-57(63(68)53-31-15-27-49(35-53)45-21-9-3-10-22-45)38-58(42-60)64(69)54-32-16-28-50(36-54)46-23-11-4-12-24-46/h1-42H. The van der Waals surface area contributed by atoms with Crippen molar-refractivity contribution in [3.8, 4) is 44.5 Å². The lowest BCUT2D eigenvalue weighted by Crippen LogP contribution is -2.13. The van der Waals surface area contributed by atoms with Crippen LogP contribution in [-0.2, 0) is 0 Å². The number of hydrogen-bond acceptors (Lipinski definition) is 5. The first-order chi connectivity index (χ1) is 34.3. The van der Waals surface area contributed by atoms with Crippen LogP contribution in [-0.4, -0.2) is 28.9 Å². The zero-order valence-corrected chi connectivity index (χ0v) is 37.8. The molecular formula is C65H42O5. The Balaban J connectivity index is 1.10. The van der Waals surface area contributed by atoms with Gasteiger partial charge in [0, 0.05) is 55.6 Å². The zero-order valence-electron chi connectivity index (χ0n) is 37.8. The molecule has 0 aromatic heterocycles. The second-order valence-corrected chi connectivity index (χ2v) is 17.0. The highest BCUT2D eigenvalue weighted by Gasteiger charge is 2.24. The molecule has 0 aliphatic carbocycles. The predicted octanol–water partition coefficient (Wildman–Crippen LogP) is 14.5. The van der Waals surface area contributed by atoms with Gasteiger partial charge in [-0.25, -0.2) is 0 Å². The molecule has 0 saturated carbocycles. The van der Waals surface area contributed by atoms with E-state index in [0.29, 0.717) is 22.3 Å². The predicted molar refractivity (Wildman–Crippen MR) is 278 cm³/mol. The fraction of sp³-hybridized carbons (Fsp3) is 0. The van der Waals surface area contributed by atoms with Gasteiger partial charge in [0.1, 0.15) is 0 Å². The van der Waals surface area contributed by atoms with Crippen LogP contribution >= 0.6 is 0 Å². The Morgan fingerprint density at radius 1 is 0.157 bits per heavy atom. The molecule has 70 heavy (non-hydrogen) atoms. The summed E-state index contributed by atoms with van der Waals surface area (Å²) in [7, 11) is 0. The summed E-state index contributed by atoms with van der Waals surface area (Å²) in [5, 5.41) is 0. The maximum Gasteiger partial charge on any atom is 0.193 e. The van der Waals surface area contributed by atoms with Crippen molar-refractivity contribution in [2.45, 2.75) is 0 Å². The number of hydrogen-bond donors (Lipinski definition) is 0. The van der Waals surface area contributed by atoms with Gasteiger partial charge >= 0.3 is 0 Å². The van der Waals surface area contributed by atoms with Crippen molar-refractivity contribution in [3.05, 3.63) is 310 Å². The number of benzene rings is 10. The molecule has 0 unspecified atom stereocenters. The van der Waals surface area contributed by atoms with E-state index in [1.807, 2.05) is 146 Å². The molecule has 0 amide bonds. The summed E-state index contributed by atoms with van der Waals surface area (Å²) in [6.45, 7) is 0. The van der Waals surface area contributed by atoms with Crippen LogP contribution in [0.25, 0.3) is 44.5 Å². The van der Waals surface area contributed by atoms with E-state index < -0.39 is 28.9 Å². The van der Waals surface area contributed by atoms with Crippen LogP contribution in [0.1, 0.15) is 79.6 Å². The highest BCUT2D eigenvalue weighted by molar-refractivity contribution is 6.20. The van der Waals surface area contributed by atoms with E-state index in [4.69, 9.17) is 0 Å². The first-order valence-electron chi connectivity index (χ1n) is 22.9. The van der Waals surface area contributed by atoms with Crippen LogP contribution in [0.15, 0.2) is 255 Å². The second kappa shape index (κ2) is 19.8. The van der Waals surface area contributed by atoms with Crippen molar-refractivity contribution < 1.29 is 24.0 Å². The Kier molecular flexibility index (Phi) is 12.6. The molecule has 0 atom stereocenters. The van der Waals surface area contributed by atoms with Crippen molar-refractivity contribution in [2.75, 3.05) is 0 Å². The van der Waals surface area contributed by atoms with E-state index in [-0.39, 0.29) is 33.4 Å². The first-order valence-corrected chi connectivity index (χ1v) is 22.9. The van der Waals surface area contributed by atoms with E-state index in [1.54, 1.807) is 72.8 Å². The van der Waals surface area contributed by atoms with E-state index in [0.717, 1.165) is 44.5 Å². The minimum absolute atomic E-state index is 0.0350. The second-order valence-electron chi connectivity index (χ2n) is 17.0. The number of carbonyl (C=O) groups excluding carboxylic acids is 5. The van der Waals surface area contributed by atoms with Gasteiger partial charge in [-0.1, -0.05) is 194 Å². The molecule has 0 saturated heterocycles. The lowest BCUT2D eigenvalue weighted by molar-refractivity contribution is 0.102. The third kappa shape index (κ3) is 9.54. The molecule has 10 aromatic carbocycles. The van der Waals surface area contributed by atoms with Crippen molar-refractivity contribution in [1.29, 1.82) is 0 Å². The third-order valence-electron chi connectivity index (χ3n) is 12.4. The monoisotopic (exact) mass is 902 g/mol. The van der Waals surface area contributed by atoms with Crippen molar-refractivity contribution >= 4 is 28.9 Å². The van der Waals surface area contributed by atoms with Gasteiger partial charge in [-0.3, -0.25) is 24.0 Å². The summed E-state index contributed by atoms with van der Waals surface area (Å²) in [4.78, 5) is 73.8. The summed E-state index contributed by atoms with van der Waals surface area (Å²) in [5.74, 6) is -2.15. The van der Waals surface area contributed by atoms with Crippen molar-refractivity contribution in [1.82, 2.24) is 0 Å². The van der Waals surface area contributed by atoms with Crippen LogP contribution in [0, 0.1) is 0 Å². The van der Waals surface area contributed by atoms with Gasteiger partial charge in [-0.15, -0.1) is 0 Å². The molecule has 5 heteroatoms.